The third kappa shape index (κ3) is 6.94. The number of hydrogen-bond acceptors (Lipinski definition) is 7. The second-order valence-electron chi connectivity index (χ2n) is 10.6. The zero-order valence-corrected chi connectivity index (χ0v) is 24.0. The van der Waals surface area contributed by atoms with Crippen LogP contribution in [0.15, 0.2) is 53.9 Å². The number of hydrogen-bond donors (Lipinski definition) is 1. The molecule has 7 heteroatoms. The first-order valence-electron chi connectivity index (χ1n) is 14.3. The molecule has 1 aromatic carbocycles. The molecule has 2 aliphatic rings. The molecule has 1 aromatic heterocycles. The molecule has 3 heterocycles. The molecule has 0 spiro atoms. The molecule has 38 heavy (non-hydrogen) atoms. The Morgan fingerprint density at radius 3 is 2.42 bits per heavy atom. The van der Waals surface area contributed by atoms with E-state index < -0.39 is 0 Å². The Morgan fingerprint density at radius 2 is 1.79 bits per heavy atom. The number of piperidine rings is 1. The van der Waals surface area contributed by atoms with Gasteiger partial charge in [0.1, 0.15) is 5.69 Å². The van der Waals surface area contributed by atoms with Crippen molar-refractivity contribution in [3.63, 3.8) is 0 Å². The summed E-state index contributed by atoms with van der Waals surface area (Å²) in [7, 11) is 1.72. The predicted octanol–water partition coefficient (Wildman–Crippen LogP) is 4.74. The number of pyridine rings is 1. The van der Waals surface area contributed by atoms with Crippen LogP contribution in [0.5, 0.6) is 0 Å². The number of benzene rings is 1. The summed E-state index contributed by atoms with van der Waals surface area (Å²) < 4.78 is 5.79. The van der Waals surface area contributed by atoms with Crippen LogP contribution in [-0.2, 0) is 11.3 Å². The zero-order valence-electron chi connectivity index (χ0n) is 24.0. The van der Waals surface area contributed by atoms with E-state index in [1.165, 1.54) is 42.7 Å². The summed E-state index contributed by atoms with van der Waals surface area (Å²) in [5, 5.41) is 3.07. The molecule has 1 atom stereocenters. The van der Waals surface area contributed by atoms with Crippen molar-refractivity contribution in [3.05, 3.63) is 71.4 Å². The normalized spacial score (nSPS) is 20.0. The minimum absolute atomic E-state index is 0.482. The molecule has 2 saturated heterocycles. The molecule has 4 rings (SSSR count). The number of aryl methyl sites for hydroxylation is 2. The maximum atomic E-state index is 5.79. The van der Waals surface area contributed by atoms with Gasteiger partial charge >= 0.3 is 0 Å². The van der Waals surface area contributed by atoms with E-state index in [1.54, 1.807) is 7.05 Å². The molecule has 0 amide bonds. The average molecular weight is 519 g/mol. The predicted molar refractivity (Wildman–Crippen MR) is 158 cm³/mol. The van der Waals surface area contributed by atoms with Gasteiger partial charge in [-0.3, -0.25) is 14.8 Å². The third-order valence-electron chi connectivity index (χ3n) is 7.97. The summed E-state index contributed by atoms with van der Waals surface area (Å²) in [4.78, 5) is 17.1. The van der Waals surface area contributed by atoms with Crippen LogP contribution in [0, 0.1) is 13.8 Å². The van der Waals surface area contributed by atoms with Gasteiger partial charge in [-0.25, -0.2) is 4.98 Å². The van der Waals surface area contributed by atoms with Crippen molar-refractivity contribution in [1.29, 1.82) is 0 Å². The highest BCUT2D eigenvalue weighted by atomic mass is 16.5. The van der Waals surface area contributed by atoms with Gasteiger partial charge in [-0.05, 0) is 77.4 Å². The summed E-state index contributed by atoms with van der Waals surface area (Å²) in [5.74, 6) is 0.968. The minimum Gasteiger partial charge on any atom is -0.422 e. The van der Waals surface area contributed by atoms with Gasteiger partial charge in [-0.15, -0.1) is 0 Å². The largest absolute Gasteiger partial charge is 0.422 e. The van der Waals surface area contributed by atoms with E-state index in [9.17, 15) is 0 Å². The van der Waals surface area contributed by atoms with E-state index in [2.05, 4.69) is 82.7 Å². The minimum atomic E-state index is 0.482. The van der Waals surface area contributed by atoms with Gasteiger partial charge < -0.3 is 15.0 Å². The molecular formula is C31H46N6O. The highest BCUT2D eigenvalue weighted by Crippen LogP contribution is 2.28. The number of nitrogens with one attached hydrogen (secondary N) is 1. The maximum Gasteiger partial charge on any atom is 0.242 e. The van der Waals surface area contributed by atoms with Crippen LogP contribution < -0.4 is 10.2 Å². The Kier molecular flexibility index (Phi) is 9.80. The fraction of sp³-hybridized carbons (Fsp3) is 0.548. The van der Waals surface area contributed by atoms with Crippen LogP contribution in [-0.4, -0.2) is 79.1 Å². The van der Waals surface area contributed by atoms with Gasteiger partial charge in [-0.1, -0.05) is 36.8 Å². The molecule has 0 aliphatic carbocycles. The lowest BCUT2D eigenvalue weighted by atomic mass is 9.97. The quantitative estimate of drug-likeness (QED) is 0.294. The average Bonchev–Trinajstić information content (AvgIpc) is 2.93. The fourth-order valence-electron chi connectivity index (χ4n) is 5.86. The Labute approximate surface area is 229 Å². The molecule has 2 aromatic rings. The topological polar surface area (TPSA) is 56.2 Å². The van der Waals surface area contributed by atoms with Crippen molar-refractivity contribution < 1.29 is 4.74 Å². The number of rotatable bonds is 9. The molecule has 0 saturated carbocycles. The van der Waals surface area contributed by atoms with Gasteiger partial charge in [0.05, 0.1) is 11.4 Å². The number of nitrogens with zero attached hydrogens (tertiary/aromatic N) is 5. The lowest BCUT2D eigenvalue weighted by Gasteiger charge is -2.48. The first-order chi connectivity index (χ1) is 18.4. The fourth-order valence-corrected chi connectivity index (χ4v) is 5.86. The van der Waals surface area contributed by atoms with Crippen LogP contribution in [0.2, 0.25) is 0 Å². The first-order valence-corrected chi connectivity index (χ1v) is 14.3. The van der Waals surface area contributed by atoms with Crippen molar-refractivity contribution in [3.8, 4) is 0 Å². The van der Waals surface area contributed by atoms with E-state index in [-0.39, 0.29) is 0 Å². The van der Waals surface area contributed by atoms with Crippen LogP contribution in [0.4, 0.5) is 5.69 Å². The molecule has 2 aliphatic heterocycles. The van der Waals surface area contributed by atoms with Crippen LogP contribution in [0.3, 0.4) is 0 Å². The molecule has 7 nitrogen and oxygen atoms in total. The molecule has 206 valence electrons. The van der Waals surface area contributed by atoms with E-state index in [0.717, 1.165) is 50.5 Å². The van der Waals surface area contributed by atoms with Gasteiger partial charge in [0, 0.05) is 51.9 Å². The second kappa shape index (κ2) is 13.3. The molecular weight excluding hydrogens is 472 g/mol. The monoisotopic (exact) mass is 518 g/mol. The maximum absolute atomic E-state index is 5.79. The highest BCUT2D eigenvalue weighted by molar-refractivity contribution is 5.93. The summed E-state index contributed by atoms with van der Waals surface area (Å²) in [5.41, 5.74) is 5.71. The molecule has 1 N–H and O–H groups in total. The van der Waals surface area contributed by atoms with Gasteiger partial charge in [0.2, 0.25) is 5.90 Å². The van der Waals surface area contributed by atoms with Gasteiger partial charge in [0.15, 0.2) is 5.88 Å². The van der Waals surface area contributed by atoms with Crippen LogP contribution in [0.25, 0.3) is 0 Å². The Balaban J connectivity index is 1.34. The summed E-state index contributed by atoms with van der Waals surface area (Å²) in [6, 6.07) is 14.4. The van der Waals surface area contributed by atoms with Crippen molar-refractivity contribution in [1.82, 2.24) is 20.1 Å². The molecule has 0 bridgehead atoms. The van der Waals surface area contributed by atoms with Crippen molar-refractivity contribution in [2.45, 2.75) is 65.6 Å². The first kappa shape index (κ1) is 28.1. The molecule has 0 unspecified atom stereocenters. The van der Waals surface area contributed by atoms with E-state index in [0.29, 0.717) is 23.9 Å². The standard InChI is InChI=1S/C31H46N6O/c1-7-27-22-36(30-14-13-29(34-24(30)4)31(32-6)38-25(5)33-8-2)19-20-37(27)28-15-17-35(18-16-28)21-26-11-9-23(3)10-12-26/h9-14,27-28,33H,5,7-8,15-22H2,1-4,6H3/t27-/m0/s1. The van der Waals surface area contributed by atoms with Crippen molar-refractivity contribution in [2.24, 2.45) is 4.99 Å². The number of piperazine rings is 1. The highest BCUT2D eigenvalue weighted by Gasteiger charge is 2.33. The molecule has 0 radical (unpaired) electrons. The summed E-state index contributed by atoms with van der Waals surface area (Å²) in [6.45, 7) is 19.9. The lowest BCUT2D eigenvalue weighted by molar-refractivity contribution is 0.0612. The Hall–Kier alpha value is -2.90. The van der Waals surface area contributed by atoms with Gasteiger partial charge in [0.25, 0.3) is 0 Å². The number of anilines is 1. The summed E-state index contributed by atoms with van der Waals surface area (Å²) in [6.07, 6.45) is 3.68. The number of aromatic nitrogens is 1. The lowest BCUT2D eigenvalue weighted by Crippen LogP contribution is -2.58. The molecule has 2 fully saturated rings. The SMILES string of the molecule is C=C(NCC)OC(=NC)c1ccc(N2CCN(C3CCN(Cc4ccc(C)cc4)CC3)[C@@H](CC)C2)c(C)n1. The summed E-state index contributed by atoms with van der Waals surface area (Å²) >= 11 is 0. The van der Waals surface area contributed by atoms with Crippen LogP contribution >= 0.6 is 0 Å². The van der Waals surface area contributed by atoms with E-state index in [4.69, 9.17) is 9.72 Å². The number of ether oxygens (including phenoxy) is 1. The number of aliphatic imine (C=N–C) groups is 1. The van der Waals surface area contributed by atoms with Gasteiger partial charge in [-0.2, -0.15) is 0 Å². The Morgan fingerprint density at radius 1 is 1.05 bits per heavy atom. The smallest absolute Gasteiger partial charge is 0.242 e. The van der Waals surface area contributed by atoms with Crippen molar-refractivity contribution >= 4 is 11.6 Å². The van der Waals surface area contributed by atoms with E-state index in [1.807, 2.05) is 13.0 Å². The van der Waals surface area contributed by atoms with E-state index >= 15 is 0 Å². The van der Waals surface area contributed by atoms with Crippen molar-refractivity contribution in [2.75, 3.05) is 51.2 Å². The van der Waals surface area contributed by atoms with Crippen LogP contribution in [0.1, 0.15) is 55.6 Å². The Bertz CT molecular complexity index is 1090. The number of likely N-dealkylation sites (tertiary alicyclic amines) is 1. The second-order valence-corrected chi connectivity index (χ2v) is 10.6. The zero-order chi connectivity index (χ0) is 27.1. The third-order valence-corrected chi connectivity index (χ3v) is 7.97.